The maximum atomic E-state index is 13.7. The van der Waals surface area contributed by atoms with E-state index >= 15 is 0 Å². The number of halogens is 1. The van der Waals surface area contributed by atoms with E-state index in [1.165, 1.54) is 11.3 Å². The molecule has 0 saturated heterocycles. The van der Waals surface area contributed by atoms with Crippen LogP contribution in [0.15, 0.2) is 77.4 Å². The number of methoxy groups -OCH3 is 2. The Bertz CT molecular complexity index is 1510. The molecule has 0 saturated carbocycles. The molecule has 182 valence electrons. The fraction of sp³-hybridized carbons (Fsp3) is 0.143. The van der Waals surface area contributed by atoms with E-state index in [1.807, 2.05) is 61.5 Å². The third kappa shape index (κ3) is 4.32. The van der Waals surface area contributed by atoms with Crippen molar-refractivity contribution in [2.24, 2.45) is 4.99 Å². The molecule has 0 spiro atoms. The Balaban J connectivity index is 1.63. The molecule has 1 aliphatic rings. The summed E-state index contributed by atoms with van der Waals surface area (Å²) in [5.41, 5.74) is 1.72. The van der Waals surface area contributed by atoms with Gasteiger partial charge in [-0.3, -0.25) is 9.69 Å². The molecule has 0 unspecified atom stereocenters. The minimum absolute atomic E-state index is 0.252. The van der Waals surface area contributed by atoms with Crippen LogP contribution in [0.3, 0.4) is 0 Å². The molecular formula is C28H23ClN2O4S. The molecule has 8 heteroatoms. The first-order valence-corrected chi connectivity index (χ1v) is 12.5. The second-order valence-corrected chi connectivity index (χ2v) is 9.32. The zero-order chi connectivity index (χ0) is 25.2. The van der Waals surface area contributed by atoms with Gasteiger partial charge in [0, 0.05) is 10.1 Å². The molecule has 0 aliphatic carbocycles. The normalized spacial score (nSPS) is 14.4. The summed E-state index contributed by atoms with van der Waals surface area (Å²) in [5, 5.41) is 1.50. The number of aliphatic imine (C=N–C) groups is 1. The van der Waals surface area contributed by atoms with Gasteiger partial charge in [-0.05, 0) is 61.0 Å². The van der Waals surface area contributed by atoms with Gasteiger partial charge in [0.1, 0.15) is 11.4 Å². The molecule has 4 aromatic rings. The molecular weight excluding hydrogens is 496 g/mol. The summed E-state index contributed by atoms with van der Waals surface area (Å²) in [6, 6.07) is 20.7. The monoisotopic (exact) mass is 518 g/mol. The summed E-state index contributed by atoms with van der Waals surface area (Å²) in [4.78, 5) is 20.8. The number of benzene rings is 3. The van der Waals surface area contributed by atoms with Gasteiger partial charge in [0.05, 0.1) is 36.4 Å². The second-order valence-electron chi connectivity index (χ2n) is 7.89. The summed E-state index contributed by atoms with van der Waals surface area (Å²) >= 11 is 8.31. The van der Waals surface area contributed by atoms with Gasteiger partial charge in [0.15, 0.2) is 17.3 Å². The zero-order valence-electron chi connectivity index (χ0n) is 19.9. The van der Waals surface area contributed by atoms with Crippen LogP contribution < -0.4 is 19.1 Å². The highest BCUT2D eigenvalue weighted by molar-refractivity contribution is 7.21. The van der Waals surface area contributed by atoms with Crippen LogP contribution in [0.1, 0.15) is 17.4 Å². The standard InChI is InChI=1S/C28H23ClN2O4S/c1-4-35-19-12-10-18(11-13-19)31-27(26-25(29)20-7-5-6-8-24(20)36-26)30-21(28(31)32)15-17-9-14-22(33-2)23(16-17)34-3/h5-16H,4H2,1-3H3/b21-15+. The number of nitrogens with zero attached hydrogens (tertiary/aromatic N) is 2. The highest BCUT2D eigenvalue weighted by atomic mass is 35.5. The van der Waals surface area contributed by atoms with Crippen molar-refractivity contribution in [3.05, 3.63) is 87.9 Å². The number of thiophene rings is 1. The molecule has 0 radical (unpaired) electrons. The van der Waals surface area contributed by atoms with Gasteiger partial charge in [0.2, 0.25) is 0 Å². The largest absolute Gasteiger partial charge is 0.494 e. The highest BCUT2D eigenvalue weighted by Gasteiger charge is 2.35. The third-order valence-electron chi connectivity index (χ3n) is 5.72. The van der Waals surface area contributed by atoms with Crippen molar-refractivity contribution >= 4 is 56.5 Å². The van der Waals surface area contributed by atoms with E-state index in [1.54, 1.807) is 37.3 Å². The fourth-order valence-corrected chi connectivity index (χ4v) is 5.52. The Morgan fingerprint density at radius 1 is 1.00 bits per heavy atom. The van der Waals surface area contributed by atoms with Gasteiger partial charge in [-0.1, -0.05) is 35.9 Å². The number of fused-ring (bicyclic) bond motifs is 1. The first-order valence-electron chi connectivity index (χ1n) is 11.3. The van der Waals surface area contributed by atoms with E-state index in [9.17, 15) is 4.79 Å². The van der Waals surface area contributed by atoms with Crippen LogP contribution in [0.25, 0.3) is 16.2 Å². The summed E-state index contributed by atoms with van der Waals surface area (Å²) in [7, 11) is 3.15. The minimum atomic E-state index is -0.252. The lowest BCUT2D eigenvalue weighted by Crippen LogP contribution is -2.32. The summed E-state index contributed by atoms with van der Waals surface area (Å²) < 4.78 is 17.3. The van der Waals surface area contributed by atoms with E-state index in [-0.39, 0.29) is 5.91 Å². The Labute approximate surface area is 218 Å². The van der Waals surface area contributed by atoms with Crippen molar-refractivity contribution in [1.82, 2.24) is 0 Å². The van der Waals surface area contributed by atoms with E-state index in [0.29, 0.717) is 40.3 Å². The number of ether oxygens (including phenoxy) is 3. The summed E-state index contributed by atoms with van der Waals surface area (Å²) in [6.45, 7) is 2.49. The number of carbonyl (C=O) groups excluding carboxylic acids is 1. The molecule has 3 aromatic carbocycles. The van der Waals surface area contributed by atoms with Crippen LogP contribution in [0.2, 0.25) is 5.02 Å². The van der Waals surface area contributed by atoms with E-state index in [4.69, 9.17) is 30.8 Å². The van der Waals surface area contributed by atoms with Crippen LogP contribution in [0.5, 0.6) is 17.2 Å². The number of rotatable bonds is 7. The fourth-order valence-electron chi connectivity index (χ4n) is 4.02. The second kappa shape index (κ2) is 10.0. The van der Waals surface area contributed by atoms with E-state index in [2.05, 4.69) is 0 Å². The lowest BCUT2D eigenvalue weighted by atomic mass is 10.1. The minimum Gasteiger partial charge on any atom is -0.494 e. The number of anilines is 1. The Morgan fingerprint density at radius 3 is 2.44 bits per heavy atom. The molecule has 5 rings (SSSR count). The molecule has 0 N–H and O–H groups in total. The van der Waals surface area contributed by atoms with Crippen molar-refractivity contribution in [2.75, 3.05) is 25.7 Å². The van der Waals surface area contributed by atoms with Crippen molar-refractivity contribution in [3.8, 4) is 17.2 Å². The lowest BCUT2D eigenvalue weighted by Gasteiger charge is -2.18. The zero-order valence-corrected chi connectivity index (χ0v) is 21.5. The van der Waals surface area contributed by atoms with Crippen molar-refractivity contribution < 1.29 is 19.0 Å². The number of hydrogen-bond donors (Lipinski definition) is 0. The first kappa shape index (κ1) is 23.9. The van der Waals surface area contributed by atoms with Crippen LogP contribution >= 0.6 is 22.9 Å². The SMILES string of the molecule is CCOc1ccc(N2C(=O)/C(=C\c3ccc(OC)c(OC)c3)N=C2c2sc3ccccc3c2Cl)cc1. The van der Waals surface area contributed by atoms with Crippen LogP contribution in [0.4, 0.5) is 5.69 Å². The van der Waals surface area contributed by atoms with Gasteiger partial charge in [-0.25, -0.2) is 4.99 Å². The predicted octanol–water partition coefficient (Wildman–Crippen LogP) is 6.81. The van der Waals surface area contributed by atoms with Crippen LogP contribution in [-0.2, 0) is 4.79 Å². The molecule has 0 atom stereocenters. The molecule has 1 aromatic heterocycles. The maximum absolute atomic E-state index is 13.7. The van der Waals surface area contributed by atoms with Gasteiger partial charge >= 0.3 is 0 Å². The molecule has 6 nitrogen and oxygen atoms in total. The molecule has 2 heterocycles. The van der Waals surface area contributed by atoms with Gasteiger partial charge in [-0.2, -0.15) is 0 Å². The molecule has 1 aliphatic heterocycles. The van der Waals surface area contributed by atoms with Crippen LogP contribution in [0, 0.1) is 0 Å². The van der Waals surface area contributed by atoms with Crippen LogP contribution in [-0.4, -0.2) is 32.6 Å². The number of amides is 1. The average molecular weight is 519 g/mol. The molecule has 0 fully saturated rings. The smallest absolute Gasteiger partial charge is 0.282 e. The number of carbonyl (C=O) groups is 1. The third-order valence-corrected chi connectivity index (χ3v) is 7.39. The Morgan fingerprint density at radius 2 is 1.75 bits per heavy atom. The maximum Gasteiger partial charge on any atom is 0.282 e. The van der Waals surface area contributed by atoms with Gasteiger partial charge < -0.3 is 14.2 Å². The summed E-state index contributed by atoms with van der Waals surface area (Å²) in [6.07, 6.45) is 1.74. The number of hydrogen-bond acceptors (Lipinski definition) is 6. The van der Waals surface area contributed by atoms with Gasteiger partial charge in [-0.15, -0.1) is 11.3 Å². The molecule has 0 bridgehead atoms. The lowest BCUT2D eigenvalue weighted by molar-refractivity contribution is -0.113. The first-order chi connectivity index (χ1) is 17.5. The van der Waals surface area contributed by atoms with Crippen molar-refractivity contribution in [1.29, 1.82) is 0 Å². The van der Waals surface area contributed by atoms with Gasteiger partial charge in [0.25, 0.3) is 5.91 Å². The topological polar surface area (TPSA) is 60.4 Å². The highest BCUT2D eigenvalue weighted by Crippen LogP contribution is 2.40. The summed E-state index contributed by atoms with van der Waals surface area (Å²) in [5.74, 6) is 2.14. The van der Waals surface area contributed by atoms with Crippen molar-refractivity contribution in [3.63, 3.8) is 0 Å². The quantitative estimate of drug-likeness (QED) is 0.252. The Kier molecular flexibility index (Phi) is 6.67. The van der Waals surface area contributed by atoms with E-state index < -0.39 is 0 Å². The Hall–Kier alpha value is -3.81. The van der Waals surface area contributed by atoms with E-state index in [0.717, 1.165) is 26.3 Å². The predicted molar refractivity (Wildman–Crippen MR) is 146 cm³/mol. The molecule has 36 heavy (non-hydrogen) atoms. The average Bonchev–Trinajstić information content (AvgIpc) is 3.41. The van der Waals surface area contributed by atoms with Crippen molar-refractivity contribution in [2.45, 2.75) is 6.92 Å². The molecule has 1 amide bonds. The number of amidine groups is 1.